The maximum absolute atomic E-state index is 12.2. The number of nitrogens with zero attached hydrogens (tertiary/aromatic N) is 1. The molecule has 0 spiro atoms. The lowest BCUT2D eigenvalue weighted by Gasteiger charge is -2.14. The van der Waals surface area contributed by atoms with Crippen LogP contribution in [0.3, 0.4) is 0 Å². The van der Waals surface area contributed by atoms with Gasteiger partial charge in [-0.05, 0) is 42.8 Å². The molecule has 0 bridgehead atoms. The third kappa shape index (κ3) is 2.66. The summed E-state index contributed by atoms with van der Waals surface area (Å²) < 4.78 is 0. The number of hydrogen-bond donors (Lipinski definition) is 2. The van der Waals surface area contributed by atoms with E-state index in [1.807, 2.05) is 6.92 Å². The van der Waals surface area contributed by atoms with E-state index in [1.165, 1.54) is 0 Å². The summed E-state index contributed by atoms with van der Waals surface area (Å²) >= 11 is 0. The van der Waals surface area contributed by atoms with E-state index >= 15 is 0 Å². The zero-order chi connectivity index (χ0) is 16.6. The normalized spacial score (nSPS) is 13.2. The van der Waals surface area contributed by atoms with E-state index in [0.717, 1.165) is 10.5 Å². The van der Waals surface area contributed by atoms with E-state index in [9.17, 15) is 14.4 Å². The van der Waals surface area contributed by atoms with Gasteiger partial charge in [0.2, 0.25) is 5.91 Å². The first kappa shape index (κ1) is 14.8. The van der Waals surface area contributed by atoms with Crippen LogP contribution in [-0.4, -0.2) is 29.2 Å². The quantitative estimate of drug-likeness (QED) is 0.668. The average Bonchev–Trinajstić information content (AvgIpc) is 2.76. The number of nitrogens with one attached hydrogen (secondary N) is 1. The highest BCUT2D eigenvalue weighted by Crippen LogP contribution is 2.22. The Labute approximate surface area is 132 Å². The summed E-state index contributed by atoms with van der Waals surface area (Å²) in [5.74, 6) is -1.34. The number of nitrogen functional groups attached to an aromatic ring is 1. The van der Waals surface area contributed by atoms with Gasteiger partial charge in [-0.2, -0.15) is 0 Å². The Kier molecular flexibility index (Phi) is 3.57. The number of hydrogen-bond acceptors (Lipinski definition) is 4. The molecule has 0 aliphatic carbocycles. The number of nitrogens with two attached hydrogens (primary N) is 1. The van der Waals surface area contributed by atoms with Crippen molar-refractivity contribution in [2.75, 3.05) is 17.6 Å². The van der Waals surface area contributed by atoms with Crippen molar-refractivity contribution >= 4 is 29.1 Å². The number of carbonyl (C=O) groups excluding carboxylic acids is 3. The molecule has 23 heavy (non-hydrogen) atoms. The van der Waals surface area contributed by atoms with Crippen molar-refractivity contribution in [2.24, 2.45) is 0 Å². The van der Waals surface area contributed by atoms with Gasteiger partial charge in [-0.15, -0.1) is 0 Å². The fourth-order valence-corrected chi connectivity index (χ4v) is 2.54. The predicted molar refractivity (Wildman–Crippen MR) is 86.0 cm³/mol. The number of fused-ring (bicyclic) bond motifs is 1. The van der Waals surface area contributed by atoms with E-state index in [1.54, 1.807) is 42.5 Å². The third-order valence-corrected chi connectivity index (χ3v) is 3.70. The Hall–Kier alpha value is -3.15. The summed E-state index contributed by atoms with van der Waals surface area (Å²) in [5, 5.41) is 2.69. The molecule has 3 rings (SSSR count). The molecule has 0 saturated heterocycles. The fourth-order valence-electron chi connectivity index (χ4n) is 2.54. The molecule has 3 N–H and O–H groups in total. The van der Waals surface area contributed by atoms with Crippen molar-refractivity contribution < 1.29 is 14.4 Å². The second kappa shape index (κ2) is 5.57. The Bertz CT molecular complexity index is 795. The highest BCUT2D eigenvalue weighted by Gasteiger charge is 2.36. The summed E-state index contributed by atoms with van der Waals surface area (Å²) in [6.45, 7) is 1.49. The molecule has 0 aromatic heterocycles. The summed E-state index contributed by atoms with van der Waals surface area (Å²) in [4.78, 5) is 37.5. The summed E-state index contributed by atoms with van der Waals surface area (Å²) in [6.07, 6.45) is 0. The maximum atomic E-state index is 12.2. The van der Waals surface area contributed by atoms with Crippen LogP contribution in [-0.2, 0) is 4.79 Å². The molecule has 1 heterocycles. The highest BCUT2D eigenvalue weighted by atomic mass is 16.2. The van der Waals surface area contributed by atoms with Crippen LogP contribution in [0.5, 0.6) is 0 Å². The SMILES string of the molecule is Cc1cc(N)ccc1NC(=O)CN1C(=O)c2ccccc2C1=O. The van der Waals surface area contributed by atoms with Crippen LogP contribution in [0.2, 0.25) is 0 Å². The Balaban J connectivity index is 1.74. The van der Waals surface area contributed by atoms with Crippen molar-refractivity contribution in [3.8, 4) is 0 Å². The molecule has 2 aromatic carbocycles. The number of rotatable bonds is 3. The second-order valence-electron chi connectivity index (χ2n) is 5.36. The topological polar surface area (TPSA) is 92.5 Å². The molecular weight excluding hydrogens is 294 g/mol. The molecule has 1 aliphatic heterocycles. The van der Waals surface area contributed by atoms with Crippen LogP contribution in [0.4, 0.5) is 11.4 Å². The lowest BCUT2D eigenvalue weighted by atomic mass is 10.1. The number of anilines is 2. The zero-order valence-electron chi connectivity index (χ0n) is 12.5. The minimum atomic E-state index is -0.449. The van der Waals surface area contributed by atoms with Crippen molar-refractivity contribution in [1.82, 2.24) is 4.90 Å². The molecular formula is C17H15N3O3. The first-order valence-corrected chi connectivity index (χ1v) is 7.08. The molecule has 3 amide bonds. The van der Waals surface area contributed by atoms with Gasteiger partial charge >= 0.3 is 0 Å². The number of aryl methyl sites for hydroxylation is 1. The summed E-state index contributed by atoms with van der Waals surface area (Å²) in [7, 11) is 0. The summed E-state index contributed by atoms with van der Waals surface area (Å²) in [5.41, 5.74) is 8.32. The van der Waals surface area contributed by atoms with Crippen LogP contribution in [0, 0.1) is 6.92 Å². The van der Waals surface area contributed by atoms with Crippen LogP contribution >= 0.6 is 0 Å². The Morgan fingerprint density at radius 3 is 2.26 bits per heavy atom. The van der Waals surface area contributed by atoms with Gasteiger partial charge in [-0.1, -0.05) is 12.1 Å². The van der Waals surface area contributed by atoms with Gasteiger partial charge in [0.25, 0.3) is 11.8 Å². The minimum absolute atomic E-state index is 0.323. The van der Waals surface area contributed by atoms with Crippen LogP contribution in [0.15, 0.2) is 42.5 Å². The maximum Gasteiger partial charge on any atom is 0.262 e. The van der Waals surface area contributed by atoms with Crippen molar-refractivity contribution in [2.45, 2.75) is 6.92 Å². The molecule has 6 nitrogen and oxygen atoms in total. The first-order chi connectivity index (χ1) is 11.0. The lowest BCUT2D eigenvalue weighted by Crippen LogP contribution is -2.37. The molecule has 0 atom stereocenters. The van der Waals surface area contributed by atoms with Crippen LogP contribution in [0.1, 0.15) is 26.3 Å². The van der Waals surface area contributed by atoms with Crippen molar-refractivity contribution in [3.63, 3.8) is 0 Å². The van der Waals surface area contributed by atoms with Gasteiger partial charge in [-0.3, -0.25) is 19.3 Å². The van der Waals surface area contributed by atoms with Gasteiger partial charge in [-0.25, -0.2) is 0 Å². The number of imide groups is 1. The summed E-state index contributed by atoms with van der Waals surface area (Å²) in [6, 6.07) is 11.6. The molecule has 0 fully saturated rings. The molecule has 0 saturated carbocycles. The molecule has 6 heteroatoms. The number of amides is 3. The largest absolute Gasteiger partial charge is 0.399 e. The zero-order valence-corrected chi connectivity index (χ0v) is 12.5. The standard InChI is InChI=1S/C17H15N3O3/c1-10-8-11(18)6-7-14(10)19-15(21)9-20-16(22)12-4-2-3-5-13(12)17(20)23/h2-8H,9,18H2,1H3,(H,19,21). The highest BCUT2D eigenvalue weighted by molar-refractivity contribution is 6.22. The van der Waals surface area contributed by atoms with E-state index in [0.29, 0.717) is 22.5 Å². The Morgan fingerprint density at radius 2 is 1.70 bits per heavy atom. The average molecular weight is 309 g/mol. The second-order valence-corrected chi connectivity index (χ2v) is 5.36. The van der Waals surface area contributed by atoms with Gasteiger partial charge in [0.05, 0.1) is 11.1 Å². The van der Waals surface area contributed by atoms with Crippen LogP contribution in [0.25, 0.3) is 0 Å². The van der Waals surface area contributed by atoms with Crippen molar-refractivity contribution in [1.29, 1.82) is 0 Å². The monoisotopic (exact) mass is 309 g/mol. The first-order valence-electron chi connectivity index (χ1n) is 7.08. The number of carbonyl (C=O) groups is 3. The van der Waals surface area contributed by atoms with E-state index in [-0.39, 0.29) is 6.54 Å². The van der Waals surface area contributed by atoms with Gasteiger partial charge < -0.3 is 11.1 Å². The smallest absolute Gasteiger partial charge is 0.262 e. The van der Waals surface area contributed by atoms with Gasteiger partial charge in [0.1, 0.15) is 6.54 Å². The lowest BCUT2D eigenvalue weighted by molar-refractivity contribution is -0.116. The van der Waals surface area contributed by atoms with E-state index < -0.39 is 17.7 Å². The third-order valence-electron chi connectivity index (χ3n) is 3.70. The molecule has 1 aliphatic rings. The van der Waals surface area contributed by atoms with Crippen molar-refractivity contribution in [3.05, 3.63) is 59.2 Å². The molecule has 0 radical (unpaired) electrons. The van der Waals surface area contributed by atoms with E-state index in [2.05, 4.69) is 5.32 Å². The molecule has 116 valence electrons. The molecule has 0 unspecified atom stereocenters. The fraction of sp³-hybridized carbons (Fsp3) is 0.118. The predicted octanol–water partition coefficient (Wildman–Crippen LogP) is 1.81. The van der Waals surface area contributed by atoms with E-state index in [4.69, 9.17) is 5.73 Å². The van der Waals surface area contributed by atoms with Gasteiger partial charge in [0.15, 0.2) is 0 Å². The molecule has 2 aromatic rings. The number of benzene rings is 2. The van der Waals surface area contributed by atoms with Gasteiger partial charge in [0, 0.05) is 11.4 Å². The Morgan fingerprint density at radius 1 is 1.09 bits per heavy atom. The van der Waals surface area contributed by atoms with Crippen LogP contribution < -0.4 is 11.1 Å². The minimum Gasteiger partial charge on any atom is -0.399 e.